The van der Waals surface area contributed by atoms with Gasteiger partial charge in [-0.15, -0.1) is 0 Å². The Morgan fingerprint density at radius 1 is 0.979 bits per heavy atom. The fraction of sp³-hybridized carbons (Fsp3) is 0.200. The number of halogens is 1. The number of urea groups is 1. The molecule has 0 saturated carbocycles. The molecule has 4 aromatic rings. The van der Waals surface area contributed by atoms with Gasteiger partial charge in [-0.3, -0.25) is 4.79 Å². The number of ether oxygens (including phenoxy) is 4. The Morgan fingerprint density at radius 3 is 2.53 bits per heavy atom. The molecule has 0 spiro atoms. The van der Waals surface area contributed by atoms with E-state index >= 15 is 0 Å². The number of carbonyl (C=O) groups excluding carboxylic acids is 3. The van der Waals surface area contributed by atoms with Crippen LogP contribution < -0.4 is 30.3 Å². The van der Waals surface area contributed by atoms with E-state index in [9.17, 15) is 14.4 Å². The van der Waals surface area contributed by atoms with Gasteiger partial charge in [0.15, 0.2) is 18.1 Å². The lowest BCUT2D eigenvalue weighted by molar-refractivity contribution is -0.139. The van der Waals surface area contributed by atoms with E-state index in [1.807, 2.05) is 54.6 Å². The Balaban J connectivity index is 1.27. The molecule has 47 heavy (non-hydrogen) atoms. The van der Waals surface area contributed by atoms with E-state index in [4.69, 9.17) is 30.5 Å². The molecule has 3 amide bonds. The number of hydrazone groups is 1. The zero-order valence-electron chi connectivity index (χ0n) is 26.0. The van der Waals surface area contributed by atoms with Gasteiger partial charge in [-0.25, -0.2) is 15.0 Å². The summed E-state index contributed by atoms with van der Waals surface area (Å²) in [5, 5.41) is 12.0. The Labute approximate surface area is 276 Å². The van der Waals surface area contributed by atoms with Crippen molar-refractivity contribution in [3.05, 3.63) is 112 Å². The Morgan fingerprint density at radius 2 is 1.74 bits per heavy atom. The highest BCUT2D eigenvalue weighted by Gasteiger charge is 2.32. The first-order chi connectivity index (χ1) is 22.8. The van der Waals surface area contributed by atoms with Gasteiger partial charge in [-0.05, 0) is 54.4 Å². The summed E-state index contributed by atoms with van der Waals surface area (Å²) in [6, 6.07) is 22.7. The van der Waals surface area contributed by atoms with Gasteiger partial charge >= 0.3 is 12.0 Å². The lowest BCUT2D eigenvalue weighted by Gasteiger charge is -2.28. The summed E-state index contributed by atoms with van der Waals surface area (Å²) in [7, 11) is 1.44. The van der Waals surface area contributed by atoms with Gasteiger partial charge in [0.25, 0.3) is 5.91 Å². The number of rotatable bonds is 12. The Kier molecular flexibility index (Phi) is 10.6. The smallest absolute Gasteiger partial charge is 0.338 e. The first-order valence-corrected chi connectivity index (χ1v) is 15.1. The molecule has 0 bridgehead atoms. The Bertz CT molecular complexity index is 1870. The fourth-order valence-corrected chi connectivity index (χ4v) is 5.25. The standard InChI is InChI=1S/C35H33ClN4O7/c1-4-45-34(42)32-21(2)38-35(43)39-33(32)23-14-16-29(30(17-23)44-3)47-20-31(41)40-37-18-26-25-11-7-5-9-22(25)13-15-28(26)46-19-24-10-6-8-12-27(24)36/h5-18,33H,4,19-20H2,1-3H3,(H,40,41)(H2,38,39,43)/b37-18+/t33-/m0/s1. The van der Waals surface area contributed by atoms with Gasteiger partial charge in [-0.2, -0.15) is 5.10 Å². The Hall–Kier alpha value is -5.55. The summed E-state index contributed by atoms with van der Waals surface area (Å²) in [5.74, 6) is 0.0763. The topological polar surface area (TPSA) is 137 Å². The number of nitrogens with one attached hydrogen (secondary N) is 3. The van der Waals surface area contributed by atoms with E-state index < -0.39 is 23.9 Å². The molecule has 0 saturated heterocycles. The summed E-state index contributed by atoms with van der Waals surface area (Å²) < 4.78 is 22.5. The molecule has 242 valence electrons. The van der Waals surface area contributed by atoms with Crippen LogP contribution in [0.5, 0.6) is 17.2 Å². The van der Waals surface area contributed by atoms with E-state index in [1.165, 1.54) is 13.3 Å². The largest absolute Gasteiger partial charge is 0.493 e. The molecule has 1 atom stereocenters. The van der Waals surface area contributed by atoms with Crippen molar-refractivity contribution in [3.63, 3.8) is 0 Å². The lowest BCUT2D eigenvalue weighted by atomic mass is 9.95. The van der Waals surface area contributed by atoms with Gasteiger partial charge in [0.2, 0.25) is 0 Å². The van der Waals surface area contributed by atoms with Gasteiger partial charge in [-0.1, -0.05) is 66.2 Å². The summed E-state index contributed by atoms with van der Waals surface area (Å²) in [4.78, 5) is 37.6. The molecule has 0 aliphatic carbocycles. The summed E-state index contributed by atoms with van der Waals surface area (Å²) in [6.45, 7) is 3.40. The molecule has 0 fully saturated rings. The summed E-state index contributed by atoms with van der Waals surface area (Å²) in [5.41, 5.74) is 5.23. The molecule has 5 rings (SSSR count). The zero-order valence-corrected chi connectivity index (χ0v) is 26.7. The lowest BCUT2D eigenvalue weighted by Crippen LogP contribution is -2.45. The summed E-state index contributed by atoms with van der Waals surface area (Å²) >= 11 is 6.31. The normalized spacial score (nSPS) is 14.4. The quantitative estimate of drug-likeness (QED) is 0.0996. The van der Waals surface area contributed by atoms with E-state index in [-0.39, 0.29) is 31.1 Å². The monoisotopic (exact) mass is 656 g/mol. The molecule has 3 N–H and O–H groups in total. The van der Waals surface area contributed by atoms with E-state index in [1.54, 1.807) is 38.1 Å². The number of methoxy groups -OCH3 is 1. The number of amides is 3. The maximum atomic E-state index is 12.7. The third kappa shape index (κ3) is 7.82. The number of hydrogen-bond acceptors (Lipinski definition) is 8. The minimum absolute atomic E-state index is 0.180. The summed E-state index contributed by atoms with van der Waals surface area (Å²) in [6.07, 6.45) is 1.53. The fourth-order valence-electron chi connectivity index (χ4n) is 5.06. The number of fused-ring (bicyclic) bond motifs is 1. The van der Waals surface area contributed by atoms with Crippen LogP contribution in [0.3, 0.4) is 0 Å². The minimum atomic E-state index is -0.781. The average Bonchev–Trinajstić information content (AvgIpc) is 3.07. The second-order valence-electron chi connectivity index (χ2n) is 10.4. The van der Waals surface area contributed by atoms with Crippen molar-refractivity contribution in [1.29, 1.82) is 0 Å². The highest BCUT2D eigenvalue weighted by atomic mass is 35.5. The number of esters is 1. The second kappa shape index (κ2) is 15.2. The average molecular weight is 657 g/mol. The first-order valence-electron chi connectivity index (χ1n) is 14.7. The zero-order chi connectivity index (χ0) is 33.3. The van der Waals surface area contributed by atoms with Crippen LogP contribution in [0.25, 0.3) is 10.8 Å². The second-order valence-corrected chi connectivity index (χ2v) is 10.8. The third-order valence-corrected chi connectivity index (χ3v) is 7.67. The van der Waals surface area contributed by atoms with Gasteiger partial charge < -0.3 is 29.6 Å². The van der Waals surface area contributed by atoms with Crippen LogP contribution >= 0.6 is 11.6 Å². The van der Waals surface area contributed by atoms with E-state index in [0.717, 1.165) is 16.3 Å². The predicted octanol–water partition coefficient (Wildman–Crippen LogP) is 5.80. The molecule has 1 heterocycles. The van der Waals surface area contributed by atoms with Crippen molar-refractivity contribution in [2.45, 2.75) is 26.5 Å². The molecule has 1 aliphatic rings. The maximum absolute atomic E-state index is 12.7. The van der Waals surface area contributed by atoms with E-state index in [2.05, 4.69) is 21.2 Å². The molecule has 4 aromatic carbocycles. The molecule has 1 aliphatic heterocycles. The number of hydrogen-bond donors (Lipinski definition) is 3. The number of carbonyl (C=O) groups is 3. The van der Waals surface area contributed by atoms with Crippen LogP contribution in [-0.4, -0.2) is 44.4 Å². The van der Waals surface area contributed by atoms with Crippen LogP contribution in [0.4, 0.5) is 4.79 Å². The van der Waals surface area contributed by atoms with Gasteiger partial charge in [0.1, 0.15) is 12.4 Å². The van der Waals surface area contributed by atoms with Crippen molar-refractivity contribution < 1.29 is 33.3 Å². The molecule has 0 radical (unpaired) electrons. The van der Waals surface area contributed by atoms with E-state index in [0.29, 0.717) is 33.3 Å². The maximum Gasteiger partial charge on any atom is 0.338 e. The van der Waals surface area contributed by atoms with Gasteiger partial charge in [0, 0.05) is 21.8 Å². The molecule has 11 nitrogen and oxygen atoms in total. The predicted molar refractivity (Wildman–Crippen MR) is 178 cm³/mol. The van der Waals surface area contributed by atoms with Crippen molar-refractivity contribution in [2.24, 2.45) is 5.10 Å². The highest BCUT2D eigenvalue weighted by Crippen LogP contribution is 2.35. The van der Waals surface area contributed by atoms with Crippen LogP contribution in [0.15, 0.2) is 95.2 Å². The molecular formula is C35H33ClN4O7. The molecule has 0 unspecified atom stereocenters. The van der Waals surface area contributed by atoms with Crippen molar-refractivity contribution >= 4 is 46.5 Å². The van der Waals surface area contributed by atoms with Crippen molar-refractivity contribution in [3.8, 4) is 17.2 Å². The highest BCUT2D eigenvalue weighted by molar-refractivity contribution is 6.31. The minimum Gasteiger partial charge on any atom is -0.493 e. The molecular weight excluding hydrogens is 624 g/mol. The van der Waals surface area contributed by atoms with Crippen LogP contribution in [0, 0.1) is 0 Å². The first kappa shape index (κ1) is 32.8. The van der Waals surface area contributed by atoms with Crippen LogP contribution in [-0.2, 0) is 20.9 Å². The molecule has 0 aromatic heterocycles. The van der Waals surface area contributed by atoms with Crippen molar-refractivity contribution in [1.82, 2.24) is 16.1 Å². The molecule has 12 heteroatoms. The van der Waals surface area contributed by atoms with Crippen molar-refractivity contribution in [2.75, 3.05) is 20.3 Å². The van der Waals surface area contributed by atoms with Crippen LogP contribution in [0.2, 0.25) is 5.02 Å². The third-order valence-electron chi connectivity index (χ3n) is 7.30. The van der Waals surface area contributed by atoms with Crippen LogP contribution in [0.1, 0.15) is 36.6 Å². The number of benzene rings is 4. The number of allylic oxidation sites excluding steroid dienone is 1. The van der Waals surface area contributed by atoms with Gasteiger partial charge in [0.05, 0.1) is 31.5 Å². The SMILES string of the molecule is CCOC(=O)C1=C(C)NC(=O)N[C@H]1c1ccc(OCC(=O)N/N=C/c2c(OCc3ccccc3Cl)ccc3ccccc23)c(OC)c1. The number of nitrogens with zero attached hydrogens (tertiary/aromatic N) is 1.